The average molecular weight is 2570 g/mol. The Balaban J connectivity index is 0.000000136. The van der Waals surface area contributed by atoms with Crippen LogP contribution in [0.3, 0.4) is 0 Å². The average Bonchev–Trinajstić information content (AvgIpc) is 0.687. The largest absolute Gasteiger partial charge is 0.295 e. The minimum Gasteiger partial charge on any atom is -0.295 e. The third-order valence-electron chi connectivity index (χ3n) is 23.6. The molecule has 0 saturated carbocycles. The first-order valence-electron chi connectivity index (χ1n) is 44.0. The van der Waals surface area contributed by atoms with E-state index >= 15 is 0 Å². The van der Waals surface area contributed by atoms with E-state index in [1.807, 2.05) is 110 Å². The van der Waals surface area contributed by atoms with Gasteiger partial charge >= 0.3 is 113 Å². The molecule has 0 fully saturated rings. The summed E-state index contributed by atoms with van der Waals surface area (Å²) < 4.78 is 0. The van der Waals surface area contributed by atoms with Crippen LogP contribution >= 0.6 is 37.7 Å². The second kappa shape index (κ2) is 46.0. The molecule has 0 atom stereocenters. The van der Waals surface area contributed by atoms with E-state index in [0.717, 1.165) is 140 Å². The molecule has 22 rings (SSSR count). The zero-order valence-corrected chi connectivity index (χ0v) is 88.0. The fourth-order valence-electron chi connectivity index (χ4n) is 16.2. The summed E-state index contributed by atoms with van der Waals surface area (Å²) in [6, 6.07) is 142. The maximum absolute atomic E-state index is 5.16. The Labute approximate surface area is 857 Å². The predicted octanol–water partition coefficient (Wildman–Crippen LogP) is 33.6. The fourth-order valence-corrected chi connectivity index (χ4v) is 16.2. The normalized spacial score (nSPS) is 11.2. The van der Waals surface area contributed by atoms with Gasteiger partial charge in [0.05, 0.1) is 45.6 Å². The quantitative estimate of drug-likeness (QED) is 0.125. The van der Waals surface area contributed by atoms with Gasteiger partial charge in [-0.3, -0.25) is 39.9 Å². The van der Waals surface area contributed by atoms with Crippen molar-refractivity contribution in [1.29, 1.82) is 0 Å². The van der Waals surface area contributed by atoms with Gasteiger partial charge in [0.15, 0.2) is 0 Å². The number of benzene rings is 14. The van der Waals surface area contributed by atoms with Crippen LogP contribution in [-0.2, 0) is 91.3 Å². The Morgan fingerprint density at radius 1 is 0.176 bits per heavy atom. The van der Waals surface area contributed by atoms with Crippen LogP contribution in [0.5, 0.6) is 0 Å². The zero-order chi connectivity index (χ0) is 95.5. The van der Waals surface area contributed by atoms with E-state index in [-0.39, 0.29) is 16.2 Å². The summed E-state index contributed by atoms with van der Waals surface area (Å²) in [6.07, 6.45) is 7.70. The minimum atomic E-state index is 0.000136. The molecular weight excluding hydrogens is 2480 g/mol. The number of rotatable bonds is 10. The number of pyridine rings is 8. The van der Waals surface area contributed by atoms with Crippen molar-refractivity contribution < 1.29 is 75.1 Å². The topological polar surface area (TPSA) is 103 Å². The summed E-state index contributed by atoms with van der Waals surface area (Å²) in [5.74, 6) is 0. The third kappa shape index (κ3) is 24.3. The van der Waals surface area contributed by atoms with Gasteiger partial charge in [0.25, 0.3) is 0 Å². The molecule has 8 aromatic heterocycles. The van der Waals surface area contributed by atoms with Crippen molar-refractivity contribution in [2.24, 2.45) is 0 Å². The second-order valence-corrected chi connectivity index (χ2v) is 35.8. The zero-order valence-electron chi connectivity index (χ0n) is 75.9. The molecule has 680 valence electrons. The smallest absolute Gasteiger partial charge is 0.0883 e. The van der Waals surface area contributed by atoms with E-state index in [1.165, 1.54) is 76.1 Å². The summed E-state index contributed by atoms with van der Waals surface area (Å²) in [5.41, 5.74) is 23.1. The molecule has 8 nitrogen and oxygen atoms in total. The maximum Gasteiger partial charge on any atom is 0.0883 e. The minimum absolute atomic E-state index is 0.000136. The van der Waals surface area contributed by atoms with Crippen molar-refractivity contribution in [2.75, 3.05) is 0 Å². The summed E-state index contributed by atoms with van der Waals surface area (Å²) in [4.78, 5) is 38.9. The van der Waals surface area contributed by atoms with Gasteiger partial charge in [-0.05, 0) is 148 Å². The van der Waals surface area contributed by atoms with Crippen molar-refractivity contribution in [1.82, 2.24) is 39.9 Å². The Hall–Kier alpha value is -11.7. The molecule has 0 bridgehead atoms. The van der Waals surface area contributed by atoms with Gasteiger partial charge in [-0.2, -0.15) is 0 Å². The van der Waals surface area contributed by atoms with E-state index in [9.17, 15) is 0 Å². The Morgan fingerprint density at radius 2 is 0.397 bits per heavy atom. The van der Waals surface area contributed by atoms with Crippen LogP contribution < -0.4 is 0 Å². The summed E-state index contributed by atoms with van der Waals surface area (Å²) in [7, 11) is 18.4. The van der Waals surface area contributed by atoms with E-state index in [2.05, 4.69) is 414 Å². The summed E-state index contributed by atoms with van der Waals surface area (Å²) in [5, 5.41) is 18.6. The molecule has 136 heavy (non-hydrogen) atoms. The Morgan fingerprint density at radius 3 is 0.721 bits per heavy atom. The van der Waals surface area contributed by atoms with Crippen LogP contribution in [-0.4, -0.2) is 39.9 Å². The van der Waals surface area contributed by atoms with Crippen molar-refractivity contribution in [2.45, 2.75) is 78.6 Å². The number of hydrogen-bond donors (Lipinski definition) is 0. The van der Waals surface area contributed by atoms with Crippen LogP contribution in [0.25, 0.3) is 199 Å². The SMILES string of the molecule is CC(C)(C)c1cc(-c2[c-]cc3ccccc3c2)nc(-c2cc3ccccc3cn2)c1.CC(C)(C)c1cc(-c2cc(-c3[c-]cc4ccccc4c3)nc(-c3cc4ccccc4cn3)c2)cc(C(C)(C)C)c1.[Cl][Pt+].[Cl][Pt+].[Cl][Pt+].[Cl][Pt+].[c-]1cc2ccccc2cc1-c1cc(-c2ccccc2)cc(-c2cc3ccccc3cn2)n1.[c-]1cc2ccccc2cc1-c1cccc(-c2cc3ccccc3cn2)n1. The van der Waals surface area contributed by atoms with Gasteiger partial charge < -0.3 is 0 Å². The van der Waals surface area contributed by atoms with E-state index in [0.29, 0.717) is 0 Å². The molecule has 0 saturated heterocycles. The molecule has 0 amide bonds. The van der Waals surface area contributed by atoms with E-state index in [4.69, 9.17) is 34.9 Å². The first kappa shape index (κ1) is 98.8. The molecule has 0 aliphatic carbocycles. The third-order valence-corrected chi connectivity index (χ3v) is 23.6. The monoisotopic (exact) mass is 2560 g/mol. The number of hydrogen-bond acceptors (Lipinski definition) is 8. The first-order chi connectivity index (χ1) is 66.2. The van der Waals surface area contributed by atoms with Crippen LogP contribution in [0.2, 0.25) is 0 Å². The van der Waals surface area contributed by atoms with Gasteiger partial charge in [0.1, 0.15) is 0 Å². The van der Waals surface area contributed by atoms with Crippen LogP contribution in [0.15, 0.2) is 395 Å². The van der Waals surface area contributed by atoms with Crippen LogP contribution in [0.4, 0.5) is 0 Å². The van der Waals surface area contributed by atoms with Crippen molar-refractivity contribution >= 4 is 124 Å². The fraction of sp³-hybridized carbons (Fsp3) is 0.100. The molecular formula is C120H92Cl4N8Pt4. The summed E-state index contributed by atoms with van der Waals surface area (Å²) in [6.45, 7) is 20.4. The standard InChI is InChI=1S/C38H35N2.C30H19N2.C28H23N2.C24H15N2.4ClH.4Pt/c1-37(2,3)32-18-30(19-33(23-32)38(4,5)6)31-21-34(28-16-15-25-11-7-8-12-26(25)17-28)40-36(22-31)35-20-27-13-9-10-14-29(27)24-39-35;1-2-8-21(9-3-1)27-18-28(25-15-14-22-10-4-5-11-23(22)16-25)32-30(19-27)29-17-24-12-6-7-13-26(24)20-31-29;1-28(2,3)24-16-25(22-13-12-19-8-4-5-9-20(19)14-22)30-27(17-24)26-15-21-10-6-7-11-23(21)18-29-26;1-2-7-18-14-20(13-12-17(18)6-1)22-10-5-11-23(26-22)24-15-19-8-3-4-9-21(19)16-25-24;;;;;;;;/h7-15,17-24H,1-6H3;1-14,16-20H;4-12,14-18H,1-3H3;1-12,14-16H;4*1H;;;;/q4*-1;;;;;4*+2/p-4. The number of nitrogens with zero attached hydrogens (tertiary/aromatic N) is 8. The van der Waals surface area contributed by atoms with E-state index < -0.39 is 0 Å². The first-order valence-corrected chi connectivity index (χ1v) is 55.3. The number of aromatic nitrogens is 8. The number of halogens is 4. The van der Waals surface area contributed by atoms with Gasteiger partial charge in [0.2, 0.25) is 0 Å². The van der Waals surface area contributed by atoms with Gasteiger partial charge in [0, 0.05) is 46.3 Å². The molecule has 22 aromatic rings. The Bertz CT molecular complexity index is 7540. The number of fused-ring (bicyclic) bond motifs is 8. The molecule has 0 aliphatic heterocycles. The summed E-state index contributed by atoms with van der Waals surface area (Å²) >= 11 is 6.44. The predicted molar refractivity (Wildman–Crippen MR) is 557 cm³/mol. The molecule has 0 aliphatic rings. The molecule has 14 aromatic carbocycles. The molecule has 8 heterocycles. The van der Waals surface area contributed by atoms with Gasteiger partial charge in [-0.1, -0.05) is 357 Å². The van der Waals surface area contributed by atoms with Gasteiger partial charge in [-0.25, -0.2) is 0 Å². The van der Waals surface area contributed by atoms with Crippen molar-refractivity contribution in [3.05, 3.63) is 436 Å². The molecule has 0 unspecified atom stereocenters. The molecule has 0 radical (unpaired) electrons. The van der Waals surface area contributed by atoms with E-state index in [1.54, 1.807) is 75.1 Å². The maximum atomic E-state index is 5.16. The van der Waals surface area contributed by atoms with Crippen LogP contribution in [0, 0.1) is 24.3 Å². The molecule has 0 spiro atoms. The van der Waals surface area contributed by atoms with Crippen molar-refractivity contribution in [3.8, 4) is 113 Å². The van der Waals surface area contributed by atoms with Gasteiger partial charge in [-0.15, -0.1) is 117 Å². The Kier molecular flexibility index (Phi) is 33.4. The van der Waals surface area contributed by atoms with Crippen molar-refractivity contribution in [3.63, 3.8) is 0 Å². The van der Waals surface area contributed by atoms with Crippen LogP contribution in [0.1, 0.15) is 79.0 Å². The molecule has 16 heteroatoms. The second-order valence-electron chi connectivity index (χ2n) is 35.8. The molecule has 0 N–H and O–H groups in total.